The molecule has 0 saturated carbocycles. The maximum absolute atomic E-state index is 15.0. The molecule has 0 N–H and O–H groups in total. The molecule has 0 radical (unpaired) electrons. The molecule has 1 aromatic carbocycles. The Balaban J connectivity index is 1.69. The summed E-state index contributed by atoms with van der Waals surface area (Å²) in [7, 11) is 6.98. The third kappa shape index (κ3) is 12.9. The number of halogens is 1. The van der Waals surface area contributed by atoms with Crippen molar-refractivity contribution in [3.05, 3.63) is 34.9 Å². The van der Waals surface area contributed by atoms with E-state index in [1.165, 1.54) is 6.92 Å². The number of carbonyl (C=O) groups is 3. The van der Waals surface area contributed by atoms with Gasteiger partial charge in [0.1, 0.15) is 18.8 Å². The fraction of sp³-hybridized carbons (Fsp3) is 0.784. The highest BCUT2D eigenvalue weighted by Crippen LogP contribution is 2.45. The van der Waals surface area contributed by atoms with E-state index >= 15 is 0 Å². The summed E-state index contributed by atoms with van der Waals surface area (Å²) in [6.45, 7) is 20.1. The predicted octanol–water partition coefficient (Wildman–Crippen LogP) is 7.79. The lowest BCUT2D eigenvalue weighted by Gasteiger charge is -2.50. The minimum atomic E-state index is -1.47. The van der Waals surface area contributed by atoms with Gasteiger partial charge in [-0.2, -0.15) is 5.26 Å². The molecule has 0 unspecified atom stereocenters. The Kier molecular flexibility index (Phi) is 20.0. The quantitative estimate of drug-likeness (QED) is 0.0712. The lowest BCUT2D eigenvalue weighted by molar-refractivity contribution is -0.322. The van der Waals surface area contributed by atoms with Crippen LogP contribution in [0.2, 0.25) is 5.02 Å². The molecule has 394 valence electrons. The molecular weight excluding hydrogens is 930 g/mol. The van der Waals surface area contributed by atoms with Gasteiger partial charge in [0, 0.05) is 55.9 Å². The topological polar surface area (TPSA) is 201 Å². The van der Waals surface area contributed by atoms with Gasteiger partial charge in [-0.15, -0.1) is 0 Å². The van der Waals surface area contributed by atoms with Gasteiger partial charge in [-0.3, -0.25) is 9.59 Å². The molecule has 0 aromatic heterocycles. The number of nitrogens with zero attached hydrogens (tertiary/aromatic N) is 3. The summed E-state index contributed by atoms with van der Waals surface area (Å²) < 4.78 is 70.9. The van der Waals surface area contributed by atoms with Crippen LogP contribution in [-0.2, 0) is 73.1 Å². The number of ether oxygens (including phenoxy) is 11. The highest BCUT2D eigenvalue weighted by atomic mass is 35.5. The van der Waals surface area contributed by atoms with Gasteiger partial charge in [0.05, 0.1) is 72.4 Å². The number of hydrogen-bond donors (Lipinski definition) is 0. The smallest absolute Gasteiger partial charge is 0.458 e. The molecule has 1 aromatic rings. The molecule has 4 saturated heterocycles. The molecule has 0 amide bonds. The SMILES string of the molecule is CC[C@H]1OC(=O)[C@H](C)[C@@H](O[C@H]2C[C@@](C)(OC)[C@@H](OCCC#N)[C@H](C)O2)[C@H](C)[C@@H](O[C@@H]2O[C@H](C)C[C@H](N(C)C)[C@H]2OC(C)=O)[C@](C)(OC)C[C@@H](C)C(=NOCc2ccccc2Cl)[C@H](C)[C@H]2OC(=O)O[C@@]21C. The first-order valence-corrected chi connectivity index (χ1v) is 24.9. The number of nitriles is 1. The van der Waals surface area contributed by atoms with E-state index in [1.807, 2.05) is 92.6 Å². The van der Waals surface area contributed by atoms with E-state index in [4.69, 9.17) is 73.7 Å². The first-order valence-electron chi connectivity index (χ1n) is 24.5. The van der Waals surface area contributed by atoms with Crippen molar-refractivity contribution in [3.63, 3.8) is 0 Å². The minimum absolute atomic E-state index is 0.0375. The summed E-state index contributed by atoms with van der Waals surface area (Å²) in [5, 5.41) is 14.5. The summed E-state index contributed by atoms with van der Waals surface area (Å²) in [5.74, 6) is -4.07. The number of oxime groups is 1. The van der Waals surface area contributed by atoms with Gasteiger partial charge in [-0.05, 0) is 81.0 Å². The van der Waals surface area contributed by atoms with Gasteiger partial charge < -0.3 is 61.8 Å². The Morgan fingerprint density at radius 1 is 0.929 bits per heavy atom. The maximum atomic E-state index is 15.0. The number of esters is 2. The molecule has 4 aliphatic rings. The minimum Gasteiger partial charge on any atom is -0.458 e. The first kappa shape index (κ1) is 57.3. The van der Waals surface area contributed by atoms with E-state index in [-0.39, 0.29) is 51.0 Å². The molecule has 70 heavy (non-hydrogen) atoms. The van der Waals surface area contributed by atoms with Crippen molar-refractivity contribution in [2.24, 2.45) is 28.8 Å². The monoisotopic (exact) mass is 1010 g/mol. The largest absolute Gasteiger partial charge is 0.509 e. The summed E-state index contributed by atoms with van der Waals surface area (Å²) in [6, 6.07) is 9.10. The summed E-state index contributed by atoms with van der Waals surface area (Å²) in [6.07, 6.45) is -7.93. The zero-order valence-electron chi connectivity index (χ0n) is 43.8. The summed E-state index contributed by atoms with van der Waals surface area (Å²) >= 11 is 6.53. The number of methoxy groups -OCH3 is 2. The highest BCUT2D eigenvalue weighted by Gasteiger charge is 2.59. The molecule has 0 aliphatic carbocycles. The average molecular weight is 1010 g/mol. The second kappa shape index (κ2) is 24.4. The van der Waals surface area contributed by atoms with Crippen LogP contribution >= 0.6 is 11.6 Å². The fourth-order valence-corrected chi connectivity index (χ4v) is 11.2. The highest BCUT2D eigenvalue weighted by molar-refractivity contribution is 6.31. The average Bonchev–Trinajstić information content (AvgIpc) is 3.62. The van der Waals surface area contributed by atoms with Crippen molar-refractivity contribution < 1.29 is 71.3 Å². The van der Waals surface area contributed by atoms with E-state index in [0.29, 0.717) is 22.7 Å². The molecule has 18 atom stereocenters. The number of rotatable bonds is 15. The third-order valence-corrected chi connectivity index (χ3v) is 15.2. The molecular formula is C51H78ClN3O15. The fourth-order valence-electron chi connectivity index (χ4n) is 11.0. The van der Waals surface area contributed by atoms with Crippen LogP contribution in [0.4, 0.5) is 4.79 Å². The van der Waals surface area contributed by atoms with Gasteiger partial charge in [-0.25, -0.2) is 4.79 Å². The van der Waals surface area contributed by atoms with Crippen LogP contribution in [0.5, 0.6) is 0 Å². The number of benzene rings is 1. The standard InChI is InChI=1S/C51H78ClN3O15/c1-16-38-51(11)44(69-48(58)70-51)30(4)40(54-62-27-35-20-17-18-21-36(35)52)28(2)25-49(9,59-14)43(68-47-42(65-34(8)56)37(55(12)13)24-29(3)63-47)31(5)41(32(6)46(57)66-38)67-39-26-50(10,60-15)45(33(7)64-39)61-23-19-22-53/h17-18,20-21,28-33,37-39,41-45,47H,16,19,23-27H2,1-15H3/t28-,29-,30+,31+,32-,33+,37+,38-,39+,41+,42-,43-,44-,45+,47+,49-,50-,51-/m1/s1. The number of carbonyl (C=O) groups excluding carboxylic acids is 3. The van der Waals surface area contributed by atoms with Crippen molar-refractivity contribution in [2.75, 3.05) is 34.9 Å². The molecule has 19 heteroatoms. The lowest BCUT2D eigenvalue weighted by atomic mass is 9.73. The Hall–Kier alpha value is -3.64. The number of fused-ring (bicyclic) bond motifs is 1. The molecule has 0 bridgehead atoms. The molecule has 0 spiro atoms. The van der Waals surface area contributed by atoms with Crippen LogP contribution in [0.3, 0.4) is 0 Å². The second-order valence-electron chi connectivity index (χ2n) is 20.4. The van der Waals surface area contributed by atoms with Crippen LogP contribution in [0, 0.1) is 35.0 Å². The Labute approximate surface area is 419 Å². The number of likely N-dealkylation sites (N-methyl/N-ethyl adjacent to an activating group) is 1. The number of cyclic esters (lactones) is 1. The Morgan fingerprint density at radius 3 is 2.21 bits per heavy atom. The summed E-state index contributed by atoms with van der Waals surface area (Å²) in [5.41, 5.74) is -2.47. The van der Waals surface area contributed by atoms with Gasteiger partial charge >= 0.3 is 18.1 Å². The third-order valence-electron chi connectivity index (χ3n) is 14.9. The molecule has 5 rings (SSSR count). The van der Waals surface area contributed by atoms with Gasteiger partial charge in [0.15, 0.2) is 30.4 Å². The molecule has 4 fully saturated rings. The van der Waals surface area contributed by atoms with Crippen LogP contribution < -0.4 is 0 Å². The van der Waals surface area contributed by atoms with Crippen molar-refractivity contribution in [3.8, 4) is 6.07 Å². The van der Waals surface area contributed by atoms with Gasteiger partial charge in [0.25, 0.3) is 0 Å². The van der Waals surface area contributed by atoms with Gasteiger partial charge in [0.2, 0.25) is 0 Å². The zero-order valence-corrected chi connectivity index (χ0v) is 44.5. The van der Waals surface area contributed by atoms with Crippen LogP contribution in [0.25, 0.3) is 0 Å². The Bertz CT molecular complexity index is 2010. The molecule has 4 heterocycles. The number of hydrogen-bond acceptors (Lipinski definition) is 18. The maximum Gasteiger partial charge on any atom is 0.509 e. The van der Waals surface area contributed by atoms with E-state index in [1.54, 1.807) is 34.1 Å². The summed E-state index contributed by atoms with van der Waals surface area (Å²) in [4.78, 5) is 49.2. The van der Waals surface area contributed by atoms with Crippen LogP contribution in [0.1, 0.15) is 114 Å². The first-order chi connectivity index (χ1) is 33.0. The van der Waals surface area contributed by atoms with E-state index in [9.17, 15) is 19.6 Å². The van der Waals surface area contributed by atoms with Crippen molar-refractivity contribution in [2.45, 2.75) is 199 Å². The van der Waals surface area contributed by atoms with Crippen molar-refractivity contribution >= 4 is 35.4 Å². The Morgan fingerprint density at radius 2 is 1.60 bits per heavy atom. The molecule has 4 aliphatic heterocycles. The van der Waals surface area contributed by atoms with E-state index in [2.05, 4.69) is 6.07 Å². The second-order valence-corrected chi connectivity index (χ2v) is 20.8. The van der Waals surface area contributed by atoms with Crippen molar-refractivity contribution in [1.82, 2.24) is 4.90 Å². The van der Waals surface area contributed by atoms with E-state index in [0.717, 1.165) is 0 Å². The van der Waals surface area contributed by atoms with Crippen LogP contribution in [-0.4, -0.2) is 148 Å². The lowest BCUT2D eigenvalue weighted by Crippen LogP contribution is -2.62. The van der Waals surface area contributed by atoms with Crippen LogP contribution in [0.15, 0.2) is 29.4 Å². The van der Waals surface area contributed by atoms with Crippen molar-refractivity contribution in [1.29, 1.82) is 5.26 Å². The predicted molar refractivity (Wildman–Crippen MR) is 256 cm³/mol. The van der Waals surface area contributed by atoms with Gasteiger partial charge in [-0.1, -0.05) is 62.7 Å². The normalized spacial score (nSPS) is 40.3. The van der Waals surface area contributed by atoms with E-state index < -0.39 is 114 Å². The molecule has 18 nitrogen and oxygen atoms in total. The zero-order chi connectivity index (χ0) is 51.9.